The summed E-state index contributed by atoms with van der Waals surface area (Å²) in [6.07, 6.45) is -1.87. The number of hydrogen-bond donors (Lipinski definition) is 10. The lowest BCUT2D eigenvalue weighted by Gasteiger charge is -2.31. The van der Waals surface area contributed by atoms with E-state index in [0.29, 0.717) is 25.8 Å². The lowest BCUT2D eigenvalue weighted by atomic mass is 10.0. The molecule has 0 aromatic rings. The first kappa shape index (κ1) is 37.2. The molecule has 5 amide bonds. The van der Waals surface area contributed by atoms with Crippen molar-refractivity contribution in [1.29, 1.82) is 0 Å². The molecule has 18 heteroatoms. The monoisotopic (exact) mass is 617 g/mol. The van der Waals surface area contributed by atoms with Crippen LogP contribution in [0, 0.1) is 0 Å². The second kappa shape index (κ2) is 17.9. The van der Waals surface area contributed by atoms with Gasteiger partial charge in [-0.15, -0.1) is 0 Å². The summed E-state index contributed by atoms with van der Waals surface area (Å²) < 4.78 is 0. The SMILES string of the molecule is C[C@@H](O)[C@H](N)C(=O)N[C@@H](CCCCN)C(=O)N1CCC[C@H]1C(=O)N[C@H](C(=O)N[C@@H](CC(=O)O)C(=O)NCC(=O)O)[C@@H](C)O. The van der Waals surface area contributed by atoms with Gasteiger partial charge >= 0.3 is 11.9 Å². The quantitative estimate of drug-likeness (QED) is 0.0648. The summed E-state index contributed by atoms with van der Waals surface area (Å²) in [6, 6.07) is -6.90. The first-order valence-electron chi connectivity index (χ1n) is 13.8. The third-order valence-electron chi connectivity index (χ3n) is 6.71. The smallest absolute Gasteiger partial charge is 0.322 e. The van der Waals surface area contributed by atoms with Crippen LogP contribution in [0.25, 0.3) is 0 Å². The highest BCUT2D eigenvalue weighted by Crippen LogP contribution is 2.20. The highest BCUT2D eigenvalue weighted by Gasteiger charge is 2.40. The number of aliphatic carboxylic acids is 2. The first-order valence-corrected chi connectivity index (χ1v) is 13.8. The number of unbranched alkanes of at least 4 members (excludes halogenated alkanes) is 1. The van der Waals surface area contributed by atoms with Crippen LogP contribution in [0.3, 0.4) is 0 Å². The van der Waals surface area contributed by atoms with Gasteiger partial charge in [0.1, 0.15) is 36.8 Å². The molecule has 7 atom stereocenters. The van der Waals surface area contributed by atoms with Crippen molar-refractivity contribution >= 4 is 41.5 Å². The van der Waals surface area contributed by atoms with E-state index in [0.717, 1.165) is 6.92 Å². The van der Waals surface area contributed by atoms with Gasteiger partial charge in [0.05, 0.1) is 18.6 Å². The van der Waals surface area contributed by atoms with Gasteiger partial charge in [-0.1, -0.05) is 0 Å². The number of hydrogen-bond acceptors (Lipinski definition) is 11. The summed E-state index contributed by atoms with van der Waals surface area (Å²) in [7, 11) is 0. The van der Waals surface area contributed by atoms with Crippen molar-refractivity contribution in [3.8, 4) is 0 Å². The van der Waals surface area contributed by atoms with Crippen LogP contribution >= 0.6 is 0 Å². The number of carboxylic acid groups (broad SMARTS) is 2. The van der Waals surface area contributed by atoms with Crippen molar-refractivity contribution in [2.45, 2.75) is 94.8 Å². The van der Waals surface area contributed by atoms with Gasteiger partial charge in [0, 0.05) is 6.54 Å². The number of carbonyl (C=O) groups excluding carboxylic acids is 5. The van der Waals surface area contributed by atoms with E-state index >= 15 is 0 Å². The van der Waals surface area contributed by atoms with E-state index in [-0.39, 0.29) is 19.4 Å². The van der Waals surface area contributed by atoms with Gasteiger partial charge in [-0.2, -0.15) is 0 Å². The summed E-state index contributed by atoms with van der Waals surface area (Å²) in [5, 5.41) is 46.6. The highest BCUT2D eigenvalue weighted by molar-refractivity contribution is 5.97. The third-order valence-corrected chi connectivity index (χ3v) is 6.71. The van der Waals surface area contributed by atoms with Crippen molar-refractivity contribution in [1.82, 2.24) is 26.2 Å². The normalized spacial score (nSPS) is 18.7. The minimum absolute atomic E-state index is 0.138. The van der Waals surface area contributed by atoms with Crippen molar-refractivity contribution in [2.24, 2.45) is 11.5 Å². The molecule has 0 aliphatic carbocycles. The molecule has 12 N–H and O–H groups in total. The summed E-state index contributed by atoms with van der Waals surface area (Å²) in [4.78, 5) is 87.6. The molecule has 1 rings (SSSR count). The minimum Gasteiger partial charge on any atom is -0.481 e. The molecule has 1 saturated heterocycles. The fraction of sp³-hybridized carbons (Fsp3) is 0.720. The lowest BCUT2D eigenvalue weighted by Crippen LogP contribution is -2.61. The zero-order chi connectivity index (χ0) is 32.9. The molecule has 1 aliphatic rings. The molecule has 0 spiro atoms. The molecule has 0 unspecified atom stereocenters. The second-order valence-electron chi connectivity index (χ2n) is 10.3. The van der Waals surface area contributed by atoms with E-state index in [1.54, 1.807) is 0 Å². The Bertz CT molecular complexity index is 1020. The average Bonchev–Trinajstić information content (AvgIpc) is 3.42. The molecule has 1 heterocycles. The number of nitrogens with zero attached hydrogens (tertiary/aromatic N) is 1. The Morgan fingerprint density at radius 1 is 0.860 bits per heavy atom. The van der Waals surface area contributed by atoms with Crippen LogP contribution < -0.4 is 32.7 Å². The predicted molar refractivity (Wildman–Crippen MR) is 148 cm³/mol. The summed E-state index contributed by atoms with van der Waals surface area (Å²) >= 11 is 0. The van der Waals surface area contributed by atoms with Gasteiger partial charge in [0.15, 0.2) is 0 Å². The maximum atomic E-state index is 13.5. The molecule has 43 heavy (non-hydrogen) atoms. The number of aliphatic hydroxyl groups is 2. The Kier molecular flexibility index (Phi) is 15.5. The van der Waals surface area contributed by atoms with Crippen LogP contribution in [0.2, 0.25) is 0 Å². The average molecular weight is 618 g/mol. The summed E-state index contributed by atoms with van der Waals surface area (Å²) in [5.41, 5.74) is 11.2. The molecule has 244 valence electrons. The Labute approximate surface area is 247 Å². The van der Waals surface area contributed by atoms with Crippen molar-refractivity contribution < 1.29 is 54.0 Å². The molecule has 1 fully saturated rings. The van der Waals surface area contributed by atoms with E-state index in [1.165, 1.54) is 11.8 Å². The zero-order valence-corrected chi connectivity index (χ0v) is 24.2. The molecular weight excluding hydrogens is 574 g/mol. The second-order valence-corrected chi connectivity index (χ2v) is 10.3. The number of aliphatic hydroxyl groups excluding tert-OH is 2. The largest absolute Gasteiger partial charge is 0.481 e. The van der Waals surface area contributed by atoms with E-state index in [4.69, 9.17) is 21.7 Å². The Morgan fingerprint density at radius 3 is 2.02 bits per heavy atom. The Hall–Kier alpha value is -3.87. The third kappa shape index (κ3) is 12.1. The lowest BCUT2D eigenvalue weighted by molar-refractivity contribution is -0.143. The van der Waals surface area contributed by atoms with Crippen LogP contribution in [-0.2, 0) is 33.6 Å². The van der Waals surface area contributed by atoms with Gasteiger partial charge in [-0.05, 0) is 52.5 Å². The van der Waals surface area contributed by atoms with Crippen LogP contribution in [0.4, 0.5) is 0 Å². The molecule has 0 aromatic heterocycles. The van der Waals surface area contributed by atoms with Gasteiger partial charge in [-0.25, -0.2) is 0 Å². The van der Waals surface area contributed by atoms with Crippen molar-refractivity contribution in [3.63, 3.8) is 0 Å². The van der Waals surface area contributed by atoms with Gasteiger partial charge in [0.2, 0.25) is 29.5 Å². The topological polar surface area (TPSA) is 304 Å². The fourth-order valence-electron chi connectivity index (χ4n) is 4.33. The number of nitrogens with two attached hydrogens (primary N) is 2. The molecule has 0 radical (unpaired) electrons. The molecule has 0 bridgehead atoms. The standard InChI is InChI=1S/C25H43N7O11/c1-12(33)19(27)23(41)29-14(6-3-4-8-26)25(43)32-9-5-7-16(32)22(40)31-20(13(2)34)24(42)30-15(10-17(35)36)21(39)28-11-18(37)38/h12-16,19-20,33-34H,3-11,26-27H2,1-2H3,(H,28,39)(H,29,41)(H,30,42)(H,31,40)(H,35,36)(H,37,38)/t12-,13-,14+,15+,16+,19+,20+/m1/s1. The highest BCUT2D eigenvalue weighted by atomic mass is 16.4. The van der Waals surface area contributed by atoms with Crippen LogP contribution in [0.5, 0.6) is 0 Å². The van der Waals surface area contributed by atoms with Gasteiger partial charge < -0.3 is 58.1 Å². The Balaban J connectivity index is 3.08. The van der Waals surface area contributed by atoms with Crippen LogP contribution in [0.1, 0.15) is 52.4 Å². The maximum absolute atomic E-state index is 13.5. The van der Waals surface area contributed by atoms with Crippen LogP contribution in [-0.4, -0.2) is 129 Å². The molecule has 0 saturated carbocycles. The van der Waals surface area contributed by atoms with Gasteiger partial charge in [-0.3, -0.25) is 33.6 Å². The van der Waals surface area contributed by atoms with E-state index in [1.807, 2.05) is 5.32 Å². The van der Waals surface area contributed by atoms with Crippen molar-refractivity contribution in [2.75, 3.05) is 19.6 Å². The number of carbonyl (C=O) groups is 7. The zero-order valence-electron chi connectivity index (χ0n) is 24.2. The molecule has 1 aliphatic heterocycles. The summed E-state index contributed by atoms with van der Waals surface area (Å²) in [5.74, 6) is -7.34. The number of rotatable bonds is 18. The maximum Gasteiger partial charge on any atom is 0.322 e. The Morgan fingerprint density at radius 2 is 1.49 bits per heavy atom. The summed E-state index contributed by atoms with van der Waals surface area (Å²) in [6.45, 7) is 2.11. The first-order chi connectivity index (χ1) is 20.1. The van der Waals surface area contributed by atoms with Crippen LogP contribution in [0.15, 0.2) is 0 Å². The number of nitrogens with one attached hydrogen (secondary N) is 4. The van der Waals surface area contributed by atoms with Gasteiger partial charge in [0.25, 0.3) is 0 Å². The number of carboxylic acids is 2. The van der Waals surface area contributed by atoms with E-state index < -0.39 is 96.9 Å². The predicted octanol–water partition coefficient (Wildman–Crippen LogP) is -4.67. The van der Waals surface area contributed by atoms with E-state index in [2.05, 4.69) is 16.0 Å². The number of likely N-dealkylation sites (tertiary alicyclic amines) is 1. The number of amides is 5. The van der Waals surface area contributed by atoms with Crippen molar-refractivity contribution in [3.05, 3.63) is 0 Å². The fourth-order valence-corrected chi connectivity index (χ4v) is 4.33. The minimum atomic E-state index is -1.72. The molecular formula is C25H43N7O11. The molecule has 0 aromatic carbocycles. The molecule has 18 nitrogen and oxygen atoms in total. The van der Waals surface area contributed by atoms with E-state index in [9.17, 15) is 43.8 Å².